The zero-order valence-corrected chi connectivity index (χ0v) is 10.4. The summed E-state index contributed by atoms with van der Waals surface area (Å²) in [5.74, 6) is -0.397. The summed E-state index contributed by atoms with van der Waals surface area (Å²) in [7, 11) is 2.82. The lowest BCUT2D eigenvalue weighted by Crippen LogP contribution is -2.27. The van der Waals surface area contributed by atoms with Crippen molar-refractivity contribution in [3.8, 4) is 0 Å². The molecule has 0 bridgehead atoms. The minimum absolute atomic E-state index is 0.159. The van der Waals surface area contributed by atoms with E-state index in [1.54, 1.807) is 6.92 Å². The molecule has 1 rings (SSSR count). The molecule has 2 amide bonds. The van der Waals surface area contributed by atoms with Crippen LogP contribution in [0.2, 0.25) is 0 Å². The van der Waals surface area contributed by atoms with Crippen LogP contribution in [0.4, 0.5) is 0 Å². The minimum atomic E-state index is -0.343. The van der Waals surface area contributed by atoms with Crippen molar-refractivity contribution < 1.29 is 19.1 Å². The maximum Gasteiger partial charge on any atom is 0.309 e. The van der Waals surface area contributed by atoms with Crippen LogP contribution in [0, 0.1) is 5.92 Å². The van der Waals surface area contributed by atoms with Crippen LogP contribution in [0.15, 0.2) is 0 Å². The number of esters is 1. The third-order valence-corrected chi connectivity index (χ3v) is 3.95. The normalized spacial score (nSPS) is 22.4. The Hall–Kier alpha value is -1.04. The monoisotopic (exact) mass is 245 g/mol. The number of ether oxygens (including phenoxy) is 1. The summed E-state index contributed by atoms with van der Waals surface area (Å²) < 4.78 is 4.58. The van der Waals surface area contributed by atoms with Gasteiger partial charge in [0, 0.05) is 19.2 Å². The van der Waals surface area contributed by atoms with Gasteiger partial charge in [0.05, 0.1) is 18.3 Å². The van der Waals surface area contributed by atoms with E-state index in [9.17, 15) is 14.4 Å². The van der Waals surface area contributed by atoms with Gasteiger partial charge in [-0.05, 0) is 0 Å². The van der Waals surface area contributed by atoms with Crippen LogP contribution < -0.4 is 0 Å². The number of thioether (sulfide) groups is 1. The molecule has 1 heterocycles. The van der Waals surface area contributed by atoms with Gasteiger partial charge >= 0.3 is 5.97 Å². The van der Waals surface area contributed by atoms with E-state index in [1.165, 1.54) is 25.9 Å². The fourth-order valence-electron chi connectivity index (χ4n) is 1.38. The number of carbonyl (C=O) groups is 3. The minimum Gasteiger partial charge on any atom is -0.469 e. The molecule has 5 nitrogen and oxygen atoms in total. The van der Waals surface area contributed by atoms with Gasteiger partial charge in [0.1, 0.15) is 0 Å². The van der Waals surface area contributed by atoms with Crippen LogP contribution in [-0.2, 0) is 19.1 Å². The Morgan fingerprint density at radius 3 is 2.69 bits per heavy atom. The number of nitrogens with zero attached hydrogens (tertiary/aromatic N) is 1. The molecular formula is C10H15NO4S. The van der Waals surface area contributed by atoms with Gasteiger partial charge in [-0.1, -0.05) is 6.92 Å². The molecule has 1 aliphatic heterocycles. The van der Waals surface area contributed by atoms with Crippen molar-refractivity contribution in [3.05, 3.63) is 0 Å². The number of amides is 2. The third kappa shape index (κ3) is 2.75. The van der Waals surface area contributed by atoms with Gasteiger partial charge in [-0.2, -0.15) is 0 Å². The van der Waals surface area contributed by atoms with Crippen molar-refractivity contribution in [1.29, 1.82) is 0 Å². The van der Waals surface area contributed by atoms with Crippen LogP contribution in [0.1, 0.15) is 13.3 Å². The van der Waals surface area contributed by atoms with Gasteiger partial charge in [-0.3, -0.25) is 19.3 Å². The predicted molar refractivity (Wildman–Crippen MR) is 59.8 cm³/mol. The van der Waals surface area contributed by atoms with Gasteiger partial charge < -0.3 is 4.74 Å². The second-order valence-electron chi connectivity index (χ2n) is 3.74. The van der Waals surface area contributed by atoms with E-state index in [1.807, 2.05) is 0 Å². The van der Waals surface area contributed by atoms with E-state index >= 15 is 0 Å². The summed E-state index contributed by atoms with van der Waals surface area (Å²) >= 11 is 1.34. The highest BCUT2D eigenvalue weighted by atomic mass is 32.2. The Bertz CT molecular complexity index is 318. The van der Waals surface area contributed by atoms with Crippen molar-refractivity contribution in [3.63, 3.8) is 0 Å². The van der Waals surface area contributed by atoms with Crippen LogP contribution >= 0.6 is 11.8 Å². The van der Waals surface area contributed by atoms with Gasteiger partial charge in [0.2, 0.25) is 11.8 Å². The molecule has 0 spiro atoms. The summed E-state index contributed by atoms with van der Waals surface area (Å²) in [5.41, 5.74) is 0. The summed E-state index contributed by atoms with van der Waals surface area (Å²) in [5, 5.41) is -0.343. The lowest BCUT2D eigenvalue weighted by Gasteiger charge is -2.11. The fraction of sp³-hybridized carbons (Fsp3) is 0.700. The van der Waals surface area contributed by atoms with Crippen molar-refractivity contribution in [2.75, 3.05) is 19.9 Å². The summed E-state index contributed by atoms with van der Waals surface area (Å²) in [6, 6.07) is 0. The Kier molecular flexibility index (Phi) is 4.35. The highest BCUT2D eigenvalue weighted by molar-refractivity contribution is 8.00. The van der Waals surface area contributed by atoms with Crippen LogP contribution in [-0.4, -0.2) is 47.8 Å². The molecule has 0 N–H and O–H groups in total. The predicted octanol–water partition coefficient (Wildman–Crippen LogP) is 0.286. The molecule has 0 radical (unpaired) electrons. The first kappa shape index (κ1) is 13.0. The molecule has 1 fully saturated rings. The molecule has 2 atom stereocenters. The second-order valence-corrected chi connectivity index (χ2v) is 4.98. The van der Waals surface area contributed by atoms with E-state index in [0.717, 1.165) is 4.90 Å². The Morgan fingerprint density at radius 1 is 1.62 bits per heavy atom. The number of hydrogen-bond acceptors (Lipinski definition) is 5. The molecule has 16 heavy (non-hydrogen) atoms. The molecule has 0 aromatic rings. The van der Waals surface area contributed by atoms with Crippen molar-refractivity contribution in [1.82, 2.24) is 4.90 Å². The van der Waals surface area contributed by atoms with Crippen molar-refractivity contribution in [2.24, 2.45) is 5.92 Å². The van der Waals surface area contributed by atoms with E-state index in [4.69, 9.17) is 0 Å². The van der Waals surface area contributed by atoms with Gasteiger partial charge in [-0.25, -0.2) is 0 Å². The summed E-state index contributed by atoms with van der Waals surface area (Å²) in [6.07, 6.45) is 0.230. The molecule has 6 heteroatoms. The molecule has 0 saturated carbocycles. The molecule has 0 aromatic carbocycles. The van der Waals surface area contributed by atoms with Crippen LogP contribution in [0.5, 0.6) is 0 Å². The lowest BCUT2D eigenvalue weighted by atomic mass is 10.2. The zero-order chi connectivity index (χ0) is 12.3. The van der Waals surface area contributed by atoms with Gasteiger partial charge in [-0.15, -0.1) is 11.8 Å². The maximum atomic E-state index is 11.5. The fourth-order valence-corrected chi connectivity index (χ4v) is 2.60. The largest absolute Gasteiger partial charge is 0.469 e. The number of carbonyl (C=O) groups excluding carboxylic acids is 3. The molecule has 2 unspecified atom stereocenters. The molecule has 0 aromatic heterocycles. The average Bonchev–Trinajstić information content (AvgIpc) is 2.52. The standard InChI is InChI=1S/C10H15NO4S/c1-6(10(14)15-3)5-16-7-4-8(12)11(2)9(7)13/h6-7H,4-5H2,1-3H3. The van der Waals surface area contributed by atoms with Crippen molar-refractivity contribution in [2.45, 2.75) is 18.6 Å². The zero-order valence-electron chi connectivity index (χ0n) is 9.56. The molecule has 1 saturated heterocycles. The first-order chi connectivity index (χ1) is 7.47. The third-order valence-electron chi connectivity index (χ3n) is 2.49. The maximum absolute atomic E-state index is 11.5. The number of likely N-dealkylation sites (tertiary alicyclic amines) is 1. The highest BCUT2D eigenvalue weighted by Gasteiger charge is 2.36. The lowest BCUT2D eigenvalue weighted by molar-refractivity contribution is -0.144. The quantitative estimate of drug-likeness (QED) is 0.526. The van der Waals surface area contributed by atoms with E-state index in [2.05, 4.69) is 4.74 Å². The number of imide groups is 1. The van der Waals surface area contributed by atoms with Crippen molar-refractivity contribution >= 4 is 29.5 Å². The highest BCUT2D eigenvalue weighted by Crippen LogP contribution is 2.25. The first-order valence-electron chi connectivity index (χ1n) is 4.97. The van der Waals surface area contributed by atoms with Crippen LogP contribution in [0.25, 0.3) is 0 Å². The average molecular weight is 245 g/mol. The van der Waals surface area contributed by atoms with Gasteiger partial charge in [0.25, 0.3) is 0 Å². The topological polar surface area (TPSA) is 63.7 Å². The summed E-state index contributed by atoms with van der Waals surface area (Å²) in [6.45, 7) is 1.74. The molecule has 0 aliphatic carbocycles. The van der Waals surface area contributed by atoms with Crippen LogP contribution in [0.3, 0.4) is 0 Å². The smallest absolute Gasteiger partial charge is 0.309 e. The first-order valence-corrected chi connectivity index (χ1v) is 6.02. The van der Waals surface area contributed by atoms with E-state index in [-0.39, 0.29) is 35.4 Å². The Morgan fingerprint density at radius 2 is 2.25 bits per heavy atom. The Balaban J connectivity index is 2.42. The summed E-state index contributed by atoms with van der Waals surface area (Å²) in [4.78, 5) is 35.0. The van der Waals surface area contributed by atoms with E-state index in [0.29, 0.717) is 5.75 Å². The number of hydrogen-bond donors (Lipinski definition) is 0. The van der Waals surface area contributed by atoms with E-state index < -0.39 is 0 Å². The number of rotatable bonds is 4. The second kappa shape index (κ2) is 5.34. The molecule has 1 aliphatic rings. The Labute approximate surface area is 98.5 Å². The number of methoxy groups -OCH3 is 1. The molecule has 90 valence electrons. The molecular weight excluding hydrogens is 230 g/mol. The SMILES string of the molecule is COC(=O)C(C)CSC1CC(=O)N(C)C1=O. The van der Waals surface area contributed by atoms with Gasteiger partial charge in [0.15, 0.2) is 0 Å².